The molecule has 0 radical (unpaired) electrons. The van der Waals surface area contributed by atoms with Gasteiger partial charge in [0.2, 0.25) is 6.79 Å². The van der Waals surface area contributed by atoms with Crippen molar-refractivity contribution in [3.05, 3.63) is 88.2 Å². The lowest BCUT2D eigenvalue weighted by Gasteiger charge is -2.24. The van der Waals surface area contributed by atoms with E-state index in [1.54, 1.807) is 50.2 Å². The third-order valence-electron chi connectivity index (χ3n) is 6.17. The van der Waals surface area contributed by atoms with Crippen molar-refractivity contribution in [2.24, 2.45) is 0 Å². The van der Waals surface area contributed by atoms with Crippen molar-refractivity contribution in [3.8, 4) is 0 Å². The molecule has 1 aliphatic rings. The summed E-state index contributed by atoms with van der Waals surface area (Å²) >= 11 is 0. The van der Waals surface area contributed by atoms with E-state index in [4.69, 9.17) is 14.9 Å². The molecule has 1 saturated carbocycles. The van der Waals surface area contributed by atoms with Gasteiger partial charge in [0.25, 0.3) is 5.91 Å². The van der Waals surface area contributed by atoms with E-state index in [0.717, 1.165) is 23.3 Å². The van der Waals surface area contributed by atoms with E-state index in [1.807, 2.05) is 6.07 Å². The number of rotatable bonds is 9. The molecule has 38 heavy (non-hydrogen) atoms. The molecule has 3 aromatic rings. The fourth-order valence-corrected chi connectivity index (χ4v) is 3.81. The molecule has 0 spiro atoms. The van der Waals surface area contributed by atoms with Crippen molar-refractivity contribution in [1.29, 1.82) is 5.41 Å². The van der Waals surface area contributed by atoms with Crippen LogP contribution in [0.1, 0.15) is 55.9 Å². The van der Waals surface area contributed by atoms with Gasteiger partial charge in [0, 0.05) is 23.4 Å². The van der Waals surface area contributed by atoms with Crippen molar-refractivity contribution < 1.29 is 28.7 Å². The highest BCUT2D eigenvalue weighted by Gasteiger charge is 2.29. The number of ether oxygens (including phenoxy) is 2. The second-order valence-electron chi connectivity index (χ2n) is 9.00. The van der Waals surface area contributed by atoms with Gasteiger partial charge >= 0.3 is 12.1 Å². The highest BCUT2D eigenvalue weighted by molar-refractivity contribution is 6.21. The van der Waals surface area contributed by atoms with Crippen LogP contribution >= 0.6 is 0 Å². The number of H-pyrrole nitrogens is 1. The predicted molar refractivity (Wildman–Crippen MR) is 139 cm³/mol. The Hall–Kier alpha value is -4.73. The summed E-state index contributed by atoms with van der Waals surface area (Å²) in [4.78, 5) is 53.3. The average Bonchev–Trinajstić information content (AvgIpc) is 3.64. The standard InChI is InChI=1S/C28H28N4O6/c1-17-8-9-20(27(35)31-22-10-11-22)13-23(17)32(26(29)25-18(2)21(15-33)14-30-25)28(36)38-16-37-24(34)12-19-6-4-3-5-7-19/h3-9,13-15,22,29-30H,10-12,16H2,1-2H3,(H,31,35). The molecular formula is C28H28N4O6. The summed E-state index contributed by atoms with van der Waals surface area (Å²) in [7, 11) is 0. The summed E-state index contributed by atoms with van der Waals surface area (Å²) in [5, 5.41) is 11.7. The Balaban J connectivity index is 1.56. The Kier molecular flexibility index (Phi) is 8.00. The quantitative estimate of drug-likeness (QED) is 0.129. The van der Waals surface area contributed by atoms with E-state index in [0.29, 0.717) is 28.5 Å². The van der Waals surface area contributed by atoms with Gasteiger partial charge in [0.05, 0.1) is 17.8 Å². The molecule has 2 aromatic carbocycles. The van der Waals surface area contributed by atoms with Gasteiger partial charge in [-0.2, -0.15) is 0 Å². The minimum Gasteiger partial charge on any atom is -0.428 e. The Morgan fingerprint density at radius 2 is 1.84 bits per heavy atom. The Morgan fingerprint density at radius 3 is 2.50 bits per heavy atom. The number of amides is 2. The molecule has 1 aromatic heterocycles. The summed E-state index contributed by atoms with van der Waals surface area (Å²) < 4.78 is 10.3. The maximum atomic E-state index is 13.3. The predicted octanol–water partition coefficient (Wildman–Crippen LogP) is 4.05. The molecule has 2 amide bonds. The van der Waals surface area contributed by atoms with E-state index >= 15 is 0 Å². The van der Waals surface area contributed by atoms with E-state index < -0.39 is 18.9 Å². The molecule has 10 heteroatoms. The minimum atomic E-state index is -0.994. The lowest BCUT2D eigenvalue weighted by molar-refractivity contribution is -0.150. The fourth-order valence-electron chi connectivity index (χ4n) is 3.81. The van der Waals surface area contributed by atoms with E-state index in [-0.39, 0.29) is 35.6 Å². The lowest BCUT2D eigenvalue weighted by Crippen LogP contribution is -2.39. The lowest BCUT2D eigenvalue weighted by atomic mass is 10.1. The molecular weight excluding hydrogens is 488 g/mol. The Morgan fingerprint density at radius 1 is 1.11 bits per heavy atom. The summed E-state index contributed by atoms with van der Waals surface area (Å²) in [5.41, 5.74) is 2.92. The van der Waals surface area contributed by atoms with Gasteiger partial charge in [0.15, 0.2) is 12.1 Å². The van der Waals surface area contributed by atoms with Crippen LogP contribution in [0.5, 0.6) is 0 Å². The number of nitrogens with zero attached hydrogens (tertiary/aromatic N) is 1. The normalized spacial score (nSPS) is 12.4. The fraction of sp³-hybridized carbons (Fsp3) is 0.250. The van der Waals surface area contributed by atoms with Gasteiger partial charge in [-0.25, -0.2) is 9.69 Å². The number of carbonyl (C=O) groups excluding carboxylic acids is 4. The molecule has 1 fully saturated rings. The number of anilines is 1. The van der Waals surface area contributed by atoms with E-state index in [2.05, 4.69) is 10.3 Å². The van der Waals surface area contributed by atoms with Crippen molar-refractivity contribution >= 4 is 35.8 Å². The van der Waals surface area contributed by atoms with E-state index in [1.165, 1.54) is 12.3 Å². The summed E-state index contributed by atoms with van der Waals surface area (Å²) in [5.74, 6) is -1.18. The van der Waals surface area contributed by atoms with Gasteiger partial charge in [-0.3, -0.25) is 19.8 Å². The summed E-state index contributed by atoms with van der Waals surface area (Å²) in [6.45, 7) is 2.70. The minimum absolute atomic E-state index is 0.00528. The number of carbonyl (C=O) groups is 4. The largest absolute Gasteiger partial charge is 0.428 e. The van der Waals surface area contributed by atoms with Crippen LogP contribution in [-0.2, 0) is 20.7 Å². The average molecular weight is 517 g/mol. The molecule has 0 aliphatic heterocycles. The zero-order valence-electron chi connectivity index (χ0n) is 21.1. The molecule has 4 rings (SSSR count). The van der Waals surface area contributed by atoms with Crippen LogP contribution < -0.4 is 10.2 Å². The van der Waals surface area contributed by atoms with Crippen LogP contribution in [0.15, 0.2) is 54.7 Å². The smallest absolute Gasteiger partial charge is 0.423 e. The maximum Gasteiger partial charge on any atom is 0.423 e. The number of nitrogens with one attached hydrogen (secondary N) is 3. The van der Waals surface area contributed by atoms with Crippen LogP contribution in [0, 0.1) is 19.3 Å². The van der Waals surface area contributed by atoms with Crippen molar-refractivity contribution in [2.45, 2.75) is 39.2 Å². The van der Waals surface area contributed by atoms with Crippen LogP contribution in [0.3, 0.4) is 0 Å². The number of amidine groups is 1. The molecule has 3 N–H and O–H groups in total. The third kappa shape index (κ3) is 6.15. The Bertz CT molecular complexity index is 1380. The zero-order valence-corrected chi connectivity index (χ0v) is 21.1. The van der Waals surface area contributed by atoms with Crippen molar-refractivity contribution in [1.82, 2.24) is 10.3 Å². The molecule has 0 atom stereocenters. The number of benzene rings is 2. The molecule has 1 heterocycles. The third-order valence-corrected chi connectivity index (χ3v) is 6.17. The number of hydrogen-bond acceptors (Lipinski definition) is 7. The van der Waals surface area contributed by atoms with Crippen LogP contribution in [0.25, 0.3) is 0 Å². The first-order chi connectivity index (χ1) is 18.3. The van der Waals surface area contributed by atoms with Crippen LogP contribution in [0.4, 0.5) is 10.5 Å². The van der Waals surface area contributed by atoms with Crippen LogP contribution in [-0.4, -0.2) is 47.9 Å². The molecule has 1 aliphatic carbocycles. The number of aryl methyl sites for hydroxylation is 1. The number of aromatic nitrogens is 1. The maximum absolute atomic E-state index is 13.3. The highest BCUT2D eigenvalue weighted by Crippen LogP contribution is 2.27. The van der Waals surface area contributed by atoms with Gasteiger partial charge in [-0.1, -0.05) is 36.4 Å². The Labute approximate surface area is 219 Å². The topological polar surface area (TPSA) is 142 Å². The molecule has 0 bridgehead atoms. The summed E-state index contributed by atoms with van der Waals surface area (Å²) in [6.07, 6.45) is 2.93. The van der Waals surface area contributed by atoms with Gasteiger partial charge in [-0.05, 0) is 55.5 Å². The highest BCUT2D eigenvalue weighted by atomic mass is 16.7. The zero-order chi connectivity index (χ0) is 27.2. The second-order valence-corrected chi connectivity index (χ2v) is 9.00. The monoisotopic (exact) mass is 516 g/mol. The van der Waals surface area contributed by atoms with E-state index in [9.17, 15) is 19.2 Å². The number of esters is 1. The first kappa shape index (κ1) is 26.3. The SMILES string of the molecule is Cc1ccc(C(=O)NC2CC2)cc1N(C(=N)c1[nH]cc(C=O)c1C)C(=O)OCOC(=O)Cc1ccccc1. The summed E-state index contributed by atoms with van der Waals surface area (Å²) in [6, 6.07) is 13.9. The number of hydrogen-bond donors (Lipinski definition) is 3. The van der Waals surface area contributed by atoms with Gasteiger partial charge < -0.3 is 19.8 Å². The first-order valence-electron chi connectivity index (χ1n) is 12.1. The van der Waals surface area contributed by atoms with Crippen molar-refractivity contribution in [3.63, 3.8) is 0 Å². The van der Waals surface area contributed by atoms with Crippen LogP contribution in [0.2, 0.25) is 0 Å². The van der Waals surface area contributed by atoms with Gasteiger partial charge in [0.1, 0.15) is 0 Å². The molecule has 0 unspecified atom stereocenters. The van der Waals surface area contributed by atoms with Gasteiger partial charge in [-0.15, -0.1) is 0 Å². The number of aromatic amines is 1. The molecule has 10 nitrogen and oxygen atoms in total. The molecule has 0 saturated heterocycles. The molecule has 196 valence electrons. The number of aldehydes is 1. The second kappa shape index (κ2) is 11.5. The first-order valence-corrected chi connectivity index (χ1v) is 12.1. The van der Waals surface area contributed by atoms with Crippen molar-refractivity contribution in [2.75, 3.05) is 11.7 Å².